The number of ether oxygens (including phenoxy) is 3. The Morgan fingerprint density at radius 3 is 1.75 bits per heavy atom. The van der Waals surface area contributed by atoms with E-state index in [-0.39, 0.29) is 11.1 Å². The Morgan fingerprint density at radius 2 is 1.29 bits per heavy atom. The number of benzene rings is 2. The number of esters is 2. The topological polar surface area (TPSA) is 123 Å². The van der Waals surface area contributed by atoms with Crippen LogP contribution in [0.15, 0.2) is 60.7 Å². The summed E-state index contributed by atoms with van der Waals surface area (Å²) >= 11 is 0. The van der Waals surface area contributed by atoms with Crippen LogP contribution in [0.1, 0.15) is 20.7 Å². The van der Waals surface area contributed by atoms with Crippen molar-refractivity contribution in [1.29, 1.82) is 0 Å². The van der Waals surface area contributed by atoms with E-state index >= 15 is 0 Å². The van der Waals surface area contributed by atoms with Crippen molar-refractivity contribution in [3.8, 4) is 0 Å². The maximum Gasteiger partial charge on any atom is 0.338 e. The molecule has 8 heteroatoms. The van der Waals surface area contributed by atoms with Crippen molar-refractivity contribution in [2.45, 2.75) is 30.7 Å². The van der Waals surface area contributed by atoms with Crippen LogP contribution in [-0.2, 0) is 14.2 Å². The van der Waals surface area contributed by atoms with Gasteiger partial charge in [0.15, 0.2) is 18.5 Å². The highest BCUT2D eigenvalue weighted by Crippen LogP contribution is 2.26. The first-order valence-corrected chi connectivity index (χ1v) is 8.65. The Labute approximate surface area is 160 Å². The fraction of sp³-hybridized carbons (Fsp3) is 0.300. The summed E-state index contributed by atoms with van der Waals surface area (Å²) in [6.45, 7) is -0.628. The van der Waals surface area contributed by atoms with Crippen LogP contribution in [0.2, 0.25) is 0 Å². The first-order chi connectivity index (χ1) is 13.5. The molecule has 28 heavy (non-hydrogen) atoms. The molecule has 2 unspecified atom stereocenters. The third-order valence-electron chi connectivity index (χ3n) is 4.32. The molecule has 2 aromatic carbocycles. The summed E-state index contributed by atoms with van der Waals surface area (Å²) in [5.41, 5.74) is 0.422. The molecule has 1 saturated heterocycles. The van der Waals surface area contributed by atoms with E-state index in [0.717, 1.165) is 0 Å². The number of carbonyl (C=O) groups excluding carboxylic acids is 2. The summed E-state index contributed by atoms with van der Waals surface area (Å²) in [5, 5.41) is 30.0. The Bertz CT molecular complexity index is 794. The van der Waals surface area contributed by atoms with Crippen LogP contribution >= 0.6 is 0 Å². The van der Waals surface area contributed by atoms with Gasteiger partial charge in [-0.25, -0.2) is 9.59 Å². The van der Waals surface area contributed by atoms with E-state index in [1.54, 1.807) is 36.4 Å². The molecule has 1 fully saturated rings. The zero-order valence-corrected chi connectivity index (χ0v) is 14.8. The van der Waals surface area contributed by atoms with E-state index in [1.807, 2.05) is 0 Å². The molecule has 3 N–H and O–H groups in total. The Kier molecular flexibility index (Phi) is 6.37. The quantitative estimate of drug-likeness (QED) is 0.633. The zero-order chi connectivity index (χ0) is 20.1. The van der Waals surface area contributed by atoms with E-state index in [0.29, 0.717) is 0 Å². The van der Waals surface area contributed by atoms with Crippen molar-refractivity contribution in [3.63, 3.8) is 0 Å². The lowest BCUT2D eigenvalue weighted by Gasteiger charge is -2.41. The summed E-state index contributed by atoms with van der Waals surface area (Å²) < 4.78 is 15.7. The van der Waals surface area contributed by atoms with Crippen molar-refractivity contribution >= 4 is 11.9 Å². The molecule has 0 radical (unpaired) electrons. The Hall–Kier alpha value is -2.78. The highest BCUT2D eigenvalue weighted by molar-refractivity contribution is 5.90. The zero-order valence-electron chi connectivity index (χ0n) is 14.8. The molecule has 0 saturated carbocycles. The first-order valence-electron chi connectivity index (χ1n) is 8.65. The van der Waals surface area contributed by atoms with Gasteiger partial charge in [-0.1, -0.05) is 36.4 Å². The SMILES string of the molecule is O=C(OC1C(OC(=O)c2ccccc2)[C@@H](O)O[C@H](CO)[C@@H]1O)c1ccccc1. The lowest BCUT2D eigenvalue weighted by molar-refractivity contribution is -0.285. The monoisotopic (exact) mass is 388 g/mol. The number of rotatable bonds is 5. The summed E-state index contributed by atoms with van der Waals surface area (Å²) in [4.78, 5) is 24.8. The summed E-state index contributed by atoms with van der Waals surface area (Å²) in [5.74, 6) is -1.57. The number of aliphatic hydroxyl groups excluding tert-OH is 3. The minimum atomic E-state index is -1.71. The first kappa shape index (κ1) is 20.0. The smallest absolute Gasteiger partial charge is 0.338 e. The molecule has 1 aliphatic rings. The van der Waals surface area contributed by atoms with Crippen LogP contribution < -0.4 is 0 Å². The number of hydrogen-bond donors (Lipinski definition) is 3. The fourth-order valence-corrected chi connectivity index (χ4v) is 2.85. The average molecular weight is 388 g/mol. The third-order valence-corrected chi connectivity index (χ3v) is 4.32. The standard InChI is InChI=1S/C20H20O8/c21-11-14-15(22)16(27-18(23)12-7-3-1-4-8-12)17(20(25)26-14)28-19(24)13-9-5-2-6-10-13/h1-10,14-17,20-22,25H,11H2/t14-,15+,16?,17?,20+/m1/s1. The second-order valence-corrected chi connectivity index (χ2v) is 6.21. The molecule has 148 valence electrons. The second-order valence-electron chi connectivity index (χ2n) is 6.21. The fourth-order valence-electron chi connectivity index (χ4n) is 2.85. The number of hydrogen-bond acceptors (Lipinski definition) is 8. The van der Waals surface area contributed by atoms with Crippen LogP contribution in [0.5, 0.6) is 0 Å². The van der Waals surface area contributed by atoms with Crippen LogP contribution in [0.4, 0.5) is 0 Å². The molecule has 0 spiro atoms. The number of aliphatic hydroxyl groups is 3. The van der Waals surface area contributed by atoms with Crippen LogP contribution in [0, 0.1) is 0 Å². The Morgan fingerprint density at radius 1 is 0.821 bits per heavy atom. The molecular weight excluding hydrogens is 368 g/mol. The lowest BCUT2D eigenvalue weighted by Crippen LogP contribution is -2.61. The molecule has 0 aromatic heterocycles. The molecule has 0 aliphatic carbocycles. The van der Waals surface area contributed by atoms with Crippen LogP contribution in [0.25, 0.3) is 0 Å². The minimum Gasteiger partial charge on any atom is -0.452 e. The van der Waals surface area contributed by atoms with Crippen molar-refractivity contribution in [3.05, 3.63) is 71.8 Å². The molecule has 0 amide bonds. The lowest BCUT2D eigenvalue weighted by atomic mass is 9.98. The van der Waals surface area contributed by atoms with Crippen molar-refractivity contribution in [2.24, 2.45) is 0 Å². The van der Waals surface area contributed by atoms with Crippen LogP contribution in [-0.4, -0.2) is 64.6 Å². The van der Waals surface area contributed by atoms with Gasteiger partial charge in [-0.05, 0) is 24.3 Å². The van der Waals surface area contributed by atoms with E-state index < -0.39 is 49.3 Å². The van der Waals surface area contributed by atoms with Gasteiger partial charge in [0.25, 0.3) is 0 Å². The minimum absolute atomic E-state index is 0.210. The van der Waals surface area contributed by atoms with Crippen molar-refractivity contribution in [1.82, 2.24) is 0 Å². The third kappa shape index (κ3) is 4.37. The number of carbonyl (C=O) groups is 2. The van der Waals surface area contributed by atoms with E-state index in [2.05, 4.69) is 0 Å². The van der Waals surface area contributed by atoms with E-state index in [9.17, 15) is 24.9 Å². The Balaban J connectivity index is 1.82. The van der Waals surface area contributed by atoms with Gasteiger partial charge < -0.3 is 29.5 Å². The van der Waals surface area contributed by atoms with E-state index in [1.165, 1.54) is 24.3 Å². The van der Waals surface area contributed by atoms with Gasteiger partial charge in [0.2, 0.25) is 0 Å². The highest BCUT2D eigenvalue weighted by atomic mass is 16.7. The molecular formula is C20H20O8. The van der Waals surface area contributed by atoms with Crippen LogP contribution in [0.3, 0.4) is 0 Å². The summed E-state index contributed by atoms with van der Waals surface area (Å²) in [7, 11) is 0. The predicted molar refractivity (Wildman–Crippen MR) is 95.3 cm³/mol. The van der Waals surface area contributed by atoms with Crippen molar-refractivity contribution < 1.29 is 39.1 Å². The maximum atomic E-state index is 12.4. The van der Waals surface area contributed by atoms with Gasteiger partial charge >= 0.3 is 11.9 Å². The molecule has 3 rings (SSSR count). The normalized spacial score (nSPS) is 27.0. The van der Waals surface area contributed by atoms with Crippen molar-refractivity contribution in [2.75, 3.05) is 6.61 Å². The predicted octanol–water partition coefficient (Wildman–Crippen LogP) is 0.508. The summed E-state index contributed by atoms with van der Waals surface area (Å²) in [6.07, 6.45) is -7.37. The molecule has 1 aliphatic heterocycles. The van der Waals surface area contributed by atoms with Gasteiger partial charge in [0.1, 0.15) is 12.2 Å². The average Bonchev–Trinajstić information content (AvgIpc) is 2.73. The molecule has 2 aromatic rings. The largest absolute Gasteiger partial charge is 0.452 e. The molecule has 1 heterocycles. The molecule has 0 bridgehead atoms. The second kappa shape index (κ2) is 8.94. The highest BCUT2D eigenvalue weighted by Gasteiger charge is 2.49. The van der Waals surface area contributed by atoms with Gasteiger partial charge in [0, 0.05) is 0 Å². The summed E-state index contributed by atoms with van der Waals surface area (Å²) in [6, 6.07) is 16.0. The van der Waals surface area contributed by atoms with Gasteiger partial charge in [-0.15, -0.1) is 0 Å². The van der Waals surface area contributed by atoms with E-state index in [4.69, 9.17) is 14.2 Å². The molecule has 5 atom stereocenters. The molecule has 8 nitrogen and oxygen atoms in total. The van der Waals surface area contributed by atoms with Gasteiger partial charge in [0.05, 0.1) is 17.7 Å². The van der Waals surface area contributed by atoms with Gasteiger partial charge in [-0.3, -0.25) is 0 Å². The maximum absolute atomic E-state index is 12.4. The van der Waals surface area contributed by atoms with Gasteiger partial charge in [-0.2, -0.15) is 0 Å².